The van der Waals surface area contributed by atoms with E-state index in [1.807, 2.05) is 19.1 Å². The van der Waals surface area contributed by atoms with E-state index >= 15 is 0 Å². The van der Waals surface area contributed by atoms with Crippen LogP contribution in [0.2, 0.25) is 5.02 Å². The number of hydrogen-bond donors (Lipinski definition) is 0. The first-order valence-electron chi connectivity index (χ1n) is 5.42. The van der Waals surface area contributed by atoms with Gasteiger partial charge >= 0.3 is 0 Å². The molecule has 0 radical (unpaired) electrons. The van der Waals surface area contributed by atoms with E-state index in [1.165, 1.54) is 0 Å². The summed E-state index contributed by atoms with van der Waals surface area (Å²) in [5, 5.41) is 9.64. The van der Waals surface area contributed by atoms with Crippen LogP contribution in [0.4, 0.5) is 0 Å². The molecule has 0 N–H and O–H groups in total. The maximum Gasteiger partial charge on any atom is 0.123 e. The van der Waals surface area contributed by atoms with Gasteiger partial charge in [0.25, 0.3) is 0 Å². The molecule has 1 heterocycles. The highest BCUT2D eigenvalue weighted by atomic mass is 35.5. The molecule has 0 aliphatic carbocycles. The second kappa shape index (κ2) is 4.56. The van der Waals surface area contributed by atoms with E-state index in [-0.39, 0.29) is 5.41 Å². The van der Waals surface area contributed by atoms with Crippen molar-refractivity contribution in [1.82, 2.24) is 0 Å². The van der Waals surface area contributed by atoms with Crippen molar-refractivity contribution in [2.75, 3.05) is 20.3 Å². The third-order valence-corrected chi connectivity index (χ3v) is 3.63. The van der Waals surface area contributed by atoms with Gasteiger partial charge in [0.15, 0.2) is 0 Å². The average Bonchev–Trinajstić information content (AvgIpc) is 2.27. The molecule has 0 unspecified atom stereocenters. The molecule has 0 spiro atoms. The Morgan fingerprint density at radius 2 is 2.24 bits per heavy atom. The van der Waals surface area contributed by atoms with E-state index in [0.29, 0.717) is 24.7 Å². The van der Waals surface area contributed by atoms with Gasteiger partial charge in [-0.05, 0) is 24.6 Å². The molecule has 17 heavy (non-hydrogen) atoms. The number of benzene rings is 1. The number of rotatable bonds is 3. The molecule has 2 rings (SSSR count). The quantitative estimate of drug-likeness (QED) is 0.830. The summed E-state index contributed by atoms with van der Waals surface area (Å²) in [5.41, 5.74) is 1.69. The van der Waals surface area contributed by atoms with Crippen molar-refractivity contribution in [2.24, 2.45) is 0 Å². The van der Waals surface area contributed by atoms with Crippen molar-refractivity contribution in [1.29, 1.82) is 5.26 Å². The summed E-state index contributed by atoms with van der Waals surface area (Å²) in [4.78, 5) is 0. The lowest BCUT2D eigenvalue weighted by Crippen LogP contribution is -2.46. The Balaban J connectivity index is 2.50. The summed E-state index contributed by atoms with van der Waals surface area (Å²) in [6.07, 6.45) is 0.419. The lowest BCUT2D eigenvalue weighted by molar-refractivity contribution is -0.0586. The summed E-state index contributed by atoms with van der Waals surface area (Å²) in [6.45, 7) is 3.04. The summed E-state index contributed by atoms with van der Waals surface area (Å²) in [6, 6.07) is 6.03. The number of ether oxygens (including phenoxy) is 2. The number of nitriles is 1. The largest absolute Gasteiger partial charge is 0.496 e. The van der Waals surface area contributed by atoms with Crippen LogP contribution in [0.1, 0.15) is 17.5 Å². The molecule has 0 saturated carbocycles. The van der Waals surface area contributed by atoms with E-state index < -0.39 is 0 Å². The van der Waals surface area contributed by atoms with E-state index in [4.69, 9.17) is 26.3 Å². The Kier molecular flexibility index (Phi) is 3.28. The second-order valence-electron chi connectivity index (χ2n) is 4.41. The molecule has 0 atom stereocenters. The lowest BCUT2D eigenvalue weighted by atomic mass is 9.75. The summed E-state index contributed by atoms with van der Waals surface area (Å²) in [7, 11) is 1.63. The third kappa shape index (κ3) is 1.99. The van der Waals surface area contributed by atoms with Crippen molar-refractivity contribution in [3.05, 3.63) is 28.3 Å². The fourth-order valence-corrected chi connectivity index (χ4v) is 2.25. The molecule has 1 aliphatic rings. The molecule has 3 nitrogen and oxygen atoms in total. The lowest BCUT2D eigenvalue weighted by Gasteiger charge is -2.41. The van der Waals surface area contributed by atoms with Crippen LogP contribution in [0.3, 0.4) is 0 Å². The van der Waals surface area contributed by atoms with Crippen LogP contribution in [-0.4, -0.2) is 20.3 Å². The summed E-state index contributed by atoms with van der Waals surface area (Å²) in [5.74, 6) is 0.783. The zero-order chi connectivity index (χ0) is 12.5. The molecule has 4 heteroatoms. The molecule has 1 saturated heterocycles. The number of nitrogens with zero attached hydrogens (tertiary/aromatic N) is 1. The first-order valence-corrected chi connectivity index (χ1v) is 5.80. The van der Waals surface area contributed by atoms with Gasteiger partial charge in [0, 0.05) is 17.0 Å². The minimum atomic E-state index is -0.253. The van der Waals surface area contributed by atoms with Crippen LogP contribution in [0.25, 0.3) is 0 Å². The summed E-state index contributed by atoms with van der Waals surface area (Å²) < 4.78 is 10.7. The molecule has 0 bridgehead atoms. The van der Waals surface area contributed by atoms with Crippen LogP contribution in [0.15, 0.2) is 12.1 Å². The van der Waals surface area contributed by atoms with E-state index in [0.717, 1.165) is 16.9 Å². The van der Waals surface area contributed by atoms with Crippen LogP contribution < -0.4 is 4.74 Å². The maximum atomic E-state index is 8.94. The van der Waals surface area contributed by atoms with Gasteiger partial charge in [-0.1, -0.05) is 11.6 Å². The highest BCUT2D eigenvalue weighted by Crippen LogP contribution is 2.42. The first-order chi connectivity index (χ1) is 8.13. The Labute approximate surface area is 106 Å². The normalized spacial score (nSPS) is 17.1. The van der Waals surface area contributed by atoms with Crippen molar-refractivity contribution in [2.45, 2.75) is 18.8 Å². The Morgan fingerprint density at radius 3 is 2.71 bits per heavy atom. The van der Waals surface area contributed by atoms with E-state index in [1.54, 1.807) is 7.11 Å². The second-order valence-corrected chi connectivity index (χ2v) is 4.82. The minimum Gasteiger partial charge on any atom is -0.496 e. The van der Waals surface area contributed by atoms with Gasteiger partial charge in [-0.3, -0.25) is 0 Å². The Hall–Kier alpha value is -1.24. The molecule has 1 fully saturated rings. The van der Waals surface area contributed by atoms with E-state index in [2.05, 4.69) is 6.07 Å². The van der Waals surface area contributed by atoms with Gasteiger partial charge in [-0.15, -0.1) is 0 Å². The monoisotopic (exact) mass is 251 g/mol. The smallest absolute Gasteiger partial charge is 0.123 e. The molecular formula is C13H14ClNO2. The predicted octanol–water partition coefficient (Wildman–Crippen LogP) is 2.84. The zero-order valence-electron chi connectivity index (χ0n) is 9.92. The number of halogens is 1. The number of hydrogen-bond acceptors (Lipinski definition) is 3. The van der Waals surface area contributed by atoms with Crippen molar-refractivity contribution in [3.8, 4) is 11.8 Å². The summed E-state index contributed by atoms with van der Waals surface area (Å²) >= 11 is 6.15. The molecule has 1 aromatic carbocycles. The van der Waals surface area contributed by atoms with Crippen LogP contribution in [-0.2, 0) is 10.2 Å². The van der Waals surface area contributed by atoms with Crippen molar-refractivity contribution >= 4 is 11.6 Å². The van der Waals surface area contributed by atoms with Crippen LogP contribution in [0, 0.1) is 18.3 Å². The average molecular weight is 252 g/mol. The van der Waals surface area contributed by atoms with Crippen molar-refractivity contribution in [3.63, 3.8) is 0 Å². The van der Waals surface area contributed by atoms with Gasteiger partial charge in [-0.2, -0.15) is 5.26 Å². The third-order valence-electron chi connectivity index (χ3n) is 3.23. The zero-order valence-corrected chi connectivity index (χ0v) is 10.7. The van der Waals surface area contributed by atoms with Gasteiger partial charge in [0.1, 0.15) is 5.75 Å². The number of aryl methyl sites for hydroxylation is 1. The SMILES string of the molecule is COc1cc(C)c(Cl)cc1C1(CC#N)COC1. The topological polar surface area (TPSA) is 42.2 Å². The molecule has 0 aromatic heterocycles. The minimum absolute atomic E-state index is 0.253. The molecule has 1 aromatic rings. The van der Waals surface area contributed by atoms with Gasteiger partial charge in [-0.25, -0.2) is 0 Å². The van der Waals surface area contributed by atoms with E-state index in [9.17, 15) is 0 Å². The number of methoxy groups -OCH3 is 1. The van der Waals surface area contributed by atoms with Crippen molar-refractivity contribution < 1.29 is 9.47 Å². The fourth-order valence-electron chi connectivity index (χ4n) is 2.09. The molecular weight excluding hydrogens is 238 g/mol. The van der Waals surface area contributed by atoms with Crippen LogP contribution in [0.5, 0.6) is 5.75 Å². The highest BCUT2D eigenvalue weighted by molar-refractivity contribution is 6.31. The van der Waals surface area contributed by atoms with Crippen LogP contribution >= 0.6 is 11.6 Å². The Bertz CT molecular complexity index is 475. The first kappa shape index (κ1) is 12.2. The van der Waals surface area contributed by atoms with Gasteiger partial charge in [0.2, 0.25) is 0 Å². The fraction of sp³-hybridized carbons (Fsp3) is 0.462. The van der Waals surface area contributed by atoms with Gasteiger partial charge < -0.3 is 9.47 Å². The van der Waals surface area contributed by atoms with Gasteiger partial charge in [0.05, 0.1) is 31.8 Å². The predicted molar refractivity (Wildman–Crippen MR) is 65.5 cm³/mol. The highest BCUT2D eigenvalue weighted by Gasteiger charge is 2.42. The standard InChI is InChI=1S/C13H14ClNO2/c1-9-5-12(16-2)10(6-11(9)14)13(3-4-15)7-17-8-13/h5-6H,3,7-8H2,1-2H3. The molecule has 1 aliphatic heterocycles. The molecule has 0 amide bonds. The maximum absolute atomic E-state index is 8.94. The molecule has 90 valence electrons. The Morgan fingerprint density at radius 1 is 1.53 bits per heavy atom.